The van der Waals surface area contributed by atoms with Gasteiger partial charge in [0.15, 0.2) is 0 Å². The molecule has 2 aliphatic rings. The first-order chi connectivity index (χ1) is 11.1. The Kier molecular flexibility index (Phi) is 5.36. The molecule has 5 nitrogen and oxygen atoms in total. The second kappa shape index (κ2) is 7.47. The van der Waals surface area contributed by atoms with Crippen molar-refractivity contribution in [2.45, 2.75) is 65.0 Å². The number of nitrogens with zero attached hydrogens (tertiary/aromatic N) is 4. The molecule has 0 bridgehead atoms. The molecule has 1 atom stereocenters. The summed E-state index contributed by atoms with van der Waals surface area (Å²) in [5.41, 5.74) is 2.37. The number of carbonyl (C=O) groups is 1. The molecule has 23 heavy (non-hydrogen) atoms. The topological polar surface area (TPSA) is 41.4 Å². The predicted molar refractivity (Wildman–Crippen MR) is 91.3 cm³/mol. The molecule has 1 amide bonds. The quantitative estimate of drug-likeness (QED) is 0.808. The predicted octanol–water partition coefficient (Wildman–Crippen LogP) is 2.37. The molecule has 0 aromatic carbocycles. The summed E-state index contributed by atoms with van der Waals surface area (Å²) in [6, 6.07) is 2.75. The van der Waals surface area contributed by atoms with E-state index in [2.05, 4.69) is 34.6 Å². The van der Waals surface area contributed by atoms with Gasteiger partial charge in [-0.15, -0.1) is 0 Å². The van der Waals surface area contributed by atoms with Crippen molar-refractivity contribution in [3.05, 3.63) is 17.5 Å². The second-order valence-electron chi connectivity index (χ2n) is 7.13. The van der Waals surface area contributed by atoms with Crippen molar-refractivity contribution in [1.29, 1.82) is 0 Å². The third-order valence-corrected chi connectivity index (χ3v) is 5.28. The Bertz CT molecular complexity index is 539. The highest BCUT2D eigenvalue weighted by Crippen LogP contribution is 2.20. The minimum atomic E-state index is 0.350. The van der Waals surface area contributed by atoms with Crippen molar-refractivity contribution in [2.75, 3.05) is 26.2 Å². The third kappa shape index (κ3) is 4.14. The fraction of sp³-hybridized carbons (Fsp3) is 0.778. The van der Waals surface area contributed by atoms with E-state index in [0.717, 1.165) is 51.1 Å². The number of hydrogen-bond acceptors (Lipinski definition) is 3. The third-order valence-electron chi connectivity index (χ3n) is 5.28. The lowest BCUT2D eigenvalue weighted by molar-refractivity contribution is -0.127. The summed E-state index contributed by atoms with van der Waals surface area (Å²) in [5.74, 6) is 0.350. The van der Waals surface area contributed by atoms with Gasteiger partial charge in [0.05, 0.1) is 12.2 Å². The summed E-state index contributed by atoms with van der Waals surface area (Å²) in [4.78, 5) is 16.4. The van der Waals surface area contributed by atoms with E-state index in [9.17, 15) is 4.79 Å². The van der Waals surface area contributed by atoms with Gasteiger partial charge in [0.2, 0.25) is 5.91 Å². The molecule has 0 radical (unpaired) electrons. The summed E-state index contributed by atoms with van der Waals surface area (Å²) in [7, 11) is 0. The van der Waals surface area contributed by atoms with Gasteiger partial charge in [-0.05, 0) is 52.1 Å². The summed E-state index contributed by atoms with van der Waals surface area (Å²) in [6.07, 6.45) is 6.79. The van der Waals surface area contributed by atoms with E-state index >= 15 is 0 Å². The zero-order chi connectivity index (χ0) is 16.2. The zero-order valence-electron chi connectivity index (χ0n) is 14.6. The molecule has 1 aromatic heterocycles. The van der Waals surface area contributed by atoms with E-state index in [-0.39, 0.29) is 0 Å². The number of aromatic nitrogens is 2. The minimum Gasteiger partial charge on any atom is -0.343 e. The molecule has 3 heterocycles. The SMILES string of the molecule is Cc1cc(C)n(CC2CCCCN2CCCN2CCCC2=O)n1. The maximum atomic E-state index is 11.7. The molecule has 0 spiro atoms. The first-order valence-corrected chi connectivity index (χ1v) is 9.16. The maximum absolute atomic E-state index is 11.7. The number of carbonyl (C=O) groups excluding carboxylic acids is 1. The van der Waals surface area contributed by atoms with E-state index in [1.54, 1.807) is 0 Å². The van der Waals surface area contributed by atoms with Crippen LogP contribution in [0.15, 0.2) is 6.07 Å². The van der Waals surface area contributed by atoms with Crippen molar-refractivity contribution in [3.63, 3.8) is 0 Å². The Hall–Kier alpha value is -1.36. The first-order valence-electron chi connectivity index (χ1n) is 9.16. The van der Waals surface area contributed by atoms with Gasteiger partial charge in [-0.3, -0.25) is 14.4 Å². The number of aryl methyl sites for hydroxylation is 2. The van der Waals surface area contributed by atoms with Crippen LogP contribution in [0.25, 0.3) is 0 Å². The summed E-state index contributed by atoms with van der Waals surface area (Å²) >= 11 is 0. The molecular weight excluding hydrogens is 288 g/mol. The van der Waals surface area contributed by atoms with E-state index in [1.807, 2.05) is 4.90 Å². The highest BCUT2D eigenvalue weighted by Gasteiger charge is 2.24. The van der Waals surface area contributed by atoms with Crippen LogP contribution in [0, 0.1) is 13.8 Å². The highest BCUT2D eigenvalue weighted by atomic mass is 16.2. The number of likely N-dealkylation sites (tertiary alicyclic amines) is 2. The molecule has 1 unspecified atom stereocenters. The van der Waals surface area contributed by atoms with Crippen LogP contribution in [0.2, 0.25) is 0 Å². The van der Waals surface area contributed by atoms with E-state index in [4.69, 9.17) is 0 Å². The average molecular weight is 318 g/mol. The monoisotopic (exact) mass is 318 g/mol. The summed E-state index contributed by atoms with van der Waals surface area (Å²) in [6.45, 7) is 9.41. The molecule has 3 rings (SSSR count). The Morgan fingerprint density at radius 2 is 2.04 bits per heavy atom. The largest absolute Gasteiger partial charge is 0.343 e. The smallest absolute Gasteiger partial charge is 0.222 e. The van der Waals surface area contributed by atoms with Crippen molar-refractivity contribution >= 4 is 5.91 Å². The van der Waals surface area contributed by atoms with Crippen molar-refractivity contribution in [1.82, 2.24) is 19.6 Å². The van der Waals surface area contributed by atoms with Gasteiger partial charge >= 0.3 is 0 Å². The maximum Gasteiger partial charge on any atom is 0.222 e. The number of piperidine rings is 1. The molecule has 0 N–H and O–H groups in total. The van der Waals surface area contributed by atoms with Crippen LogP contribution in [0.5, 0.6) is 0 Å². The Morgan fingerprint density at radius 3 is 2.74 bits per heavy atom. The average Bonchev–Trinajstić information content (AvgIpc) is 3.07. The van der Waals surface area contributed by atoms with Crippen molar-refractivity contribution in [3.8, 4) is 0 Å². The summed E-state index contributed by atoms with van der Waals surface area (Å²) in [5, 5.41) is 4.63. The molecule has 2 saturated heterocycles. The van der Waals surface area contributed by atoms with E-state index in [0.29, 0.717) is 11.9 Å². The van der Waals surface area contributed by atoms with Crippen LogP contribution in [0.3, 0.4) is 0 Å². The fourth-order valence-electron chi connectivity index (χ4n) is 4.03. The van der Waals surface area contributed by atoms with Crippen molar-refractivity contribution < 1.29 is 4.79 Å². The molecule has 2 aliphatic heterocycles. The molecule has 0 aliphatic carbocycles. The second-order valence-corrected chi connectivity index (χ2v) is 7.13. The van der Waals surface area contributed by atoms with Crippen molar-refractivity contribution in [2.24, 2.45) is 0 Å². The fourth-order valence-corrected chi connectivity index (χ4v) is 4.03. The standard InChI is InChI=1S/C18H30N4O/c1-15-13-16(2)22(19-15)14-17-7-3-4-9-20(17)11-6-12-21-10-5-8-18(21)23/h13,17H,3-12,14H2,1-2H3. The van der Waals surface area contributed by atoms with Crippen LogP contribution in [-0.2, 0) is 11.3 Å². The minimum absolute atomic E-state index is 0.350. The van der Waals surface area contributed by atoms with Gasteiger partial charge < -0.3 is 4.90 Å². The van der Waals surface area contributed by atoms with Crippen LogP contribution >= 0.6 is 0 Å². The van der Waals surface area contributed by atoms with Gasteiger partial charge in [-0.25, -0.2) is 0 Å². The van der Waals surface area contributed by atoms with Crippen LogP contribution in [0.1, 0.15) is 49.9 Å². The highest BCUT2D eigenvalue weighted by molar-refractivity contribution is 5.77. The van der Waals surface area contributed by atoms with Crippen LogP contribution in [0.4, 0.5) is 0 Å². The number of hydrogen-bond donors (Lipinski definition) is 0. The normalized spacial score (nSPS) is 23.0. The number of amides is 1. The number of rotatable bonds is 6. The lowest BCUT2D eigenvalue weighted by atomic mass is 10.0. The van der Waals surface area contributed by atoms with Crippen LogP contribution < -0.4 is 0 Å². The molecular formula is C18H30N4O. The van der Waals surface area contributed by atoms with Gasteiger partial charge in [-0.1, -0.05) is 6.42 Å². The Morgan fingerprint density at radius 1 is 1.17 bits per heavy atom. The lowest BCUT2D eigenvalue weighted by Crippen LogP contribution is -2.43. The summed E-state index contributed by atoms with van der Waals surface area (Å²) < 4.78 is 2.17. The van der Waals surface area contributed by atoms with Crippen LogP contribution in [-0.4, -0.2) is 57.7 Å². The van der Waals surface area contributed by atoms with Gasteiger partial charge in [-0.2, -0.15) is 5.10 Å². The Labute approximate surface area is 139 Å². The molecule has 128 valence electrons. The zero-order valence-corrected chi connectivity index (χ0v) is 14.6. The first kappa shape index (κ1) is 16.5. The molecule has 5 heteroatoms. The van der Waals surface area contributed by atoms with Gasteiger partial charge in [0, 0.05) is 37.8 Å². The lowest BCUT2D eigenvalue weighted by Gasteiger charge is -2.36. The molecule has 1 aromatic rings. The molecule has 0 saturated carbocycles. The van der Waals surface area contributed by atoms with Gasteiger partial charge in [0.25, 0.3) is 0 Å². The van der Waals surface area contributed by atoms with E-state index in [1.165, 1.54) is 31.5 Å². The molecule has 2 fully saturated rings. The van der Waals surface area contributed by atoms with Gasteiger partial charge in [0.1, 0.15) is 0 Å². The van der Waals surface area contributed by atoms with E-state index < -0.39 is 0 Å². The Balaban J connectivity index is 1.51.